The average molecular weight is 244 g/mol. The smallest absolute Gasteiger partial charge is 0.119 e. The van der Waals surface area contributed by atoms with Crippen LogP contribution in [0, 0.1) is 0 Å². The molecule has 0 saturated carbocycles. The van der Waals surface area contributed by atoms with Crippen molar-refractivity contribution in [3.05, 3.63) is 35.7 Å². The van der Waals surface area contributed by atoms with E-state index < -0.39 is 0 Å². The van der Waals surface area contributed by atoms with Crippen molar-refractivity contribution < 1.29 is 4.74 Å². The molecule has 0 aliphatic heterocycles. The Balaban J connectivity index is 2.03. The minimum atomic E-state index is 0.0332. The Bertz CT molecular complexity index is 547. The SMILES string of the molecule is COc1ccc(-n2nnc3c2C(N)CCC3)cc1. The third-order valence-electron chi connectivity index (χ3n) is 3.38. The van der Waals surface area contributed by atoms with Gasteiger partial charge in [0.25, 0.3) is 0 Å². The molecule has 18 heavy (non-hydrogen) atoms. The van der Waals surface area contributed by atoms with Gasteiger partial charge in [-0.05, 0) is 43.5 Å². The van der Waals surface area contributed by atoms with Gasteiger partial charge in [-0.1, -0.05) is 5.21 Å². The van der Waals surface area contributed by atoms with E-state index in [-0.39, 0.29) is 6.04 Å². The molecule has 1 aliphatic rings. The van der Waals surface area contributed by atoms with Gasteiger partial charge in [-0.15, -0.1) is 5.10 Å². The molecule has 1 aliphatic carbocycles. The first-order chi connectivity index (χ1) is 8.79. The fraction of sp³-hybridized carbons (Fsp3) is 0.385. The monoisotopic (exact) mass is 244 g/mol. The lowest BCUT2D eigenvalue weighted by atomic mass is 9.96. The minimum absolute atomic E-state index is 0.0332. The van der Waals surface area contributed by atoms with Crippen molar-refractivity contribution in [3.63, 3.8) is 0 Å². The van der Waals surface area contributed by atoms with Crippen molar-refractivity contribution in [1.29, 1.82) is 0 Å². The molecule has 2 aromatic rings. The van der Waals surface area contributed by atoms with Crippen LogP contribution < -0.4 is 10.5 Å². The number of hydrogen-bond donors (Lipinski definition) is 1. The van der Waals surface area contributed by atoms with E-state index in [4.69, 9.17) is 10.5 Å². The van der Waals surface area contributed by atoms with Gasteiger partial charge in [-0.25, -0.2) is 4.68 Å². The highest BCUT2D eigenvalue weighted by Gasteiger charge is 2.24. The second-order valence-corrected chi connectivity index (χ2v) is 4.53. The van der Waals surface area contributed by atoms with Crippen LogP contribution in [0.4, 0.5) is 0 Å². The molecule has 0 spiro atoms. The highest BCUT2D eigenvalue weighted by Crippen LogP contribution is 2.28. The number of methoxy groups -OCH3 is 1. The first-order valence-electron chi connectivity index (χ1n) is 6.14. The zero-order valence-electron chi connectivity index (χ0n) is 10.3. The Labute approximate surface area is 106 Å². The summed E-state index contributed by atoms with van der Waals surface area (Å²) in [4.78, 5) is 0. The van der Waals surface area contributed by atoms with E-state index in [1.54, 1.807) is 7.11 Å². The van der Waals surface area contributed by atoms with Crippen LogP contribution in [-0.4, -0.2) is 22.1 Å². The molecule has 0 fully saturated rings. The van der Waals surface area contributed by atoms with Crippen molar-refractivity contribution >= 4 is 0 Å². The second-order valence-electron chi connectivity index (χ2n) is 4.53. The summed E-state index contributed by atoms with van der Waals surface area (Å²) in [5.74, 6) is 0.831. The Kier molecular flexibility index (Phi) is 2.76. The third kappa shape index (κ3) is 1.76. The summed E-state index contributed by atoms with van der Waals surface area (Å²) in [6.45, 7) is 0. The maximum Gasteiger partial charge on any atom is 0.119 e. The van der Waals surface area contributed by atoms with Crippen LogP contribution in [0.15, 0.2) is 24.3 Å². The summed E-state index contributed by atoms with van der Waals surface area (Å²) in [6, 6.07) is 7.80. The molecule has 1 atom stereocenters. The van der Waals surface area contributed by atoms with E-state index in [2.05, 4.69) is 10.3 Å². The first kappa shape index (κ1) is 11.2. The normalized spacial score (nSPS) is 18.4. The number of ether oxygens (including phenoxy) is 1. The van der Waals surface area contributed by atoms with Crippen LogP contribution in [0.1, 0.15) is 30.3 Å². The number of hydrogen-bond acceptors (Lipinski definition) is 4. The second kappa shape index (κ2) is 4.42. The number of nitrogens with zero attached hydrogens (tertiary/aromatic N) is 3. The molecule has 1 heterocycles. The minimum Gasteiger partial charge on any atom is -0.497 e. The molecule has 1 aromatic heterocycles. The lowest BCUT2D eigenvalue weighted by Crippen LogP contribution is -2.20. The lowest BCUT2D eigenvalue weighted by Gasteiger charge is -2.19. The molecule has 0 radical (unpaired) electrons. The lowest BCUT2D eigenvalue weighted by molar-refractivity contribution is 0.414. The van der Waals surface area contributed by atoms with Gasteiger partial charge < -0.3 is 10.5 Å². The summed E-state index contributed by atoms with van der Waals surface area (Å²) in [6.07, 6.45) is 3.06. The van der Waals surface area contributed by atoms with Crippen LogP contribution >= 0.6 is 0 Å². The molecular formula is C13H16N4O. The van der Waals surface area contributed by atoms with Crippen LogP contribution in [0.5, 0.6) is 5.75 Å². The van der Waals surface area contributed by atoms with Gasteiger partial charge in [0.2, 0.25) is 0 Å². The van der Waals surface area contributed by atoms with Crippen molar-refractivity contribution in [2.75, 3.05) is 7.11 Å². The van der Waals surface area contributed by atoms with Crippen LogP contribution in [0.25, 0.3) is 5.69 Å². The van der Waals surface area contributed by atoms with Gasteiger partial charge in [0.05, 0.1) is 24.2 Å². The fourth-order valence-electron chi connectivity index (χ4n) is 2.41. The van der Waals surface area contributed by atoms with Crippen molar-refractivity contribution in [2.24, 2.45) is 5.73 Å². The summed E-state index contributed by atoms with van der Waals surface area (Å²) in [7, 11) is 1.66. The van der Waals surface area contributed by atoms with E-state index in [9.17, 15) is 0 Å². The number of benzene rings is 1. The van der Waals surface area contributed by atoms with E-state index in [1.807, 2.05) is 28.9 Å². The maximum absolute atomic E-state index is 6.16. The molecule has 1 unspecified atom stereocenters. The summed E-state index contributed by atoms with van der Waals surface area (Å²) in [5.41, 5.74) is 9.21. The number of nitrogens with two attached hydrogens (primary N) is 1. The third-order valence-corrected chi connectivity index (χ3v) is 3.38. The largest absolute Gasteiger partial charge is 0.497 e. The molecule has 3 rings (SSSR count). The Morgan fingerprint density at radius 2 is 2.11 bits per heavy atom. The quantitative estimate of drug-likeness (QED) is 0.871. The topological polar surface area (TPSA) is 66.0 Å². The molecule has 0 amide bonds. The van der Waals surface area contributed by atoms with E-state index in [0.717, 1.165) is 42.1 Å². The van der Waals surface area contributed by atoms with Crippen LogP contribution in [0.2, 0.25) is 0 Å². The fourth-order valence-corrected chi connectivity index (χ4v) is 2.41. The standard InChI is InChI=1S/C13H16N4O/c1-18-10-7-5-9(6-8-10)17-13-11(14)3-2-4-12(13)15-16-17/h5-8,11H,2-4,14H2,1H3. The van der Waals surface area contributed by atoms with Crippen LogP contribution in [0.3, 0.4) is 0 Å². The molecule has 94 valence electrons. The summed E-state index contributed by atoms with van der Waals surface area (Å²) >= 11 is 0. The predicted octanol–water partition coefficient (Wildman–Crippen LogP) is 1.61. The van der Waals surface area contributed by atoms with E-state index in [1.165, 1.54) is 0 Å². The van der Waals surface area contributed by atoms with E-state index in [0.29, 0.717) is 0 Å². The number of fused-ring (bicyclic) bond motifs is 1. The van der Waals surface area contributed by atoms with Crippen molar-refractivity contribution in [3.8, 4) is 11.4 Å². The molecular weight excluding hydrogens is 228 g/mol. The number of aryl methyl sites for hydroxylation is 1. The highest BCUT2D eigenvalue weighted by atomic mass is 16.5. The molecule has 5 heteroatoms. The average Bonchev–Trinajstić information content (AvgIpc) is 2.84. The Hall–Kier alpha value is -1.88. The molecule has 0 saturated heterocycles. The zero-order chi connectivity index (χ0) is 12.5. The van der Waals surface area contributed by atoms with Gasteiger partial charge in [0.15, 0.2) is 0 Å². The molecule has 2 N–H and O–H groups in total. The summed E-state index contributed by atoms with van der Waals surface area (Å²) < 4.78 is 7.00. The number of aromatic nitrogens is 3. The Morgan fingerprint density at radius 3 is 2.83 bits per heavy atom. The molecule has 1 aromatic carbocycles. The van der Waals surface area contributed by atoms with E-state index >= 15 is 0 Å². The van der Waals surface area contributed by atoms with Gasteiger partial charge in [0.1, 0.15) is 5.75 Å². The van der Waals surface area contributed by atoms with Gasteiger partial charge in [-0.3, -0.25) is 0 Å². The molecule has 0 bridgehead atoms. The van der Waals surface area contributed by atoms with Crippen molar-refractivity contribution in [2.45, 2.75) is 25.3 Å². The zero-order valence-corrected chi connectivity index (χ0v) is 10.3. The van der Waals surface area contributed by atoms with Crippen LogP contribution in [-0.2, 0) is 6.42 Å². The Morgan fingerprint density at radius 1 is 1.33 bits per heavy atom. The van der Waals surface area contributed by atoms with Gasteiger partial charge in [0, 0.05) is 6.04 Å². The number of rotatable bonds is 2. The first-order valence-corrected chi connectivity index (χ1v) is 6.14. The predicted molar refractivity (Wildman–Crippen MR) is 67.8 cm³/mol. The van der Waals surface area contributed by atoms with Gasteiger partial charge in [-0.2, -0.15) is 0 Å². The maximum atomic E-state index is 6.16. The van der Waals surface area contributed by atoms with Gasteiger partial charge >= 0.3 is 0 Å². The highest BCUT2D eigenvalue weighted by molar-refractivity contribution is 5.39. The van der Waals surface area contributed by atoms with Crippen molar-refractivity contribution in [1.82, 2.24) is 15.0 Å². The summed E-state index contributed by atoms with van der Waals surface area (Å²) in [5, 5.41) is 8.45. The molecule has 5 nitrogen and oxygen atoms in total.